The van der Waals surface area contributed by atoms with Gasteiger partial charge in [0.25, 0.3) is 5.70 Å². The average Bonchev–Trinajstić information content (AvgIpc) is 2.04. The van der Waals surface area contributed by atoms with Crippen molar-refractivity contribution in [1.29, 1.82) is 0 Å². The highest BCUT2D eigenvalue weighted by Crippen LogP contribution is 2.07. The largest absolute Gasteiger partial charge is 0.265 e. The Morgan fingerprint density at radius 1 is 1.38 bits per heavy atom. The maximum atomic E-state index is 10.3. The van der Waals surface area contributed by atoms with Gasteiger partial charge >= 0.3 is 0 Å². The van der Waals surface area contributed by atoms with Crippen molar-refractivity contribution >= 4 is 27.6 Å². The van der Waals surface area contributed by atoms with Crippen LogP contribution in [0.4, 0.5) is 0 Å². The maximum absolute atomic E-state index is 10.3. The lowest BCUT2D eigenvalue weighted by Crippen LogP contribution is -2.04. The third-order valence-electron chi connectivity index (χ3n) is 1.38. The van der Waals surface area contributed by atoms with Crippen LogP contribution < -0.4 is 0 Å². The number of hydrogen-bond acceptors (Lipinski definition) is 4. The maximum Gasteiger partial charge on any atom is 0.265 e. The fourth-order valence-electron chi connectivity index (χ4n) is 0.779. The molecule has 1 rings (SSSR count). The third-order valence-corrected chi connectivity index (χ3v) is 2.11. The predicted octanol–water partition coefficient (Wildman–Crippen LogP) is 0.580. The first-order valence-corrected chi connectivity index (χ1v) is 4.16. The molecule has 0 amide bonds. The van der Waals surface area contributed by atoms with Crippen LogP contribution in [0.2, 0.25) is 0 Å². The fourth-order valence-corrected chi connectivity index (χ4v) is 1.18. The molecule has 0 atom stereocenters. The minimum Gasteiger partial charge on any atom is -0.258 e. The molecule has 7 heteroatoms. The first kappa shape index (κ1) is 11.9. The van der Waals surface area contributed by atoms with Gasteiger partial charge in [-0.3, -0.25) is 10.1 Å². The third kappa shape index (κ3) is 3.00. The van der Waals surface area contributed by atoms with E-state index in [1.807, 2.05) is 0 Å². The molecule has 0 aromatic carbocycles. The van der Waals surface area contributed by atoms with Gasteiger partial charge in [0.2, 0.25) is 10.3 Å². The van der Waals surface area contributed by atoms with Gasteiger partial charge in [-0.15, -0.1) is 12.4 Å². The molecule has 0 aromatic heterocycles. The monoisotopic (exact) mass is 223 g/mol. The normalized spacial score (nSPS) is 14.5. The van der Waals surface area contributed by atoms with Crippen LogP contribution >= 0.6 is 12.4 Å². The molecular weight excluding hydrogens is 218 g/mol. The Labute approximate surface area is 81.8 Å². The highest BCUT2D eigenvalue weighted by atomic mass is 35.5. The molecule has 0 spiro atoms. The second-order valence-corrected chi connectivity index (χ2v) is 3.12. The summed E-state index contributed by atoms with van der Waals surface area (Å²) < 4.78 is 20.7. The standard InChI is InChI=1S/C6H5NO4S.ClH/c8-7(9)5-1-3-6(4-2-5)12(10)11;/h1-3H,4H2;1H. The van der Waals surface area contributed by atoms with E-state index >= 15 is 0 Å². The zero-order chi connectivity index (χ0) is 9.14. The summed E-state index contributed by atoms with van der Waals surface area (Å²) in [6.07, 6.45) is 3.78. The summed E-state index contributed by atoms with van der Waals surface area (Å²) in [4.78, 5) is 9.77. The molecule has 0 saturated carbocycles. The Kier molecular flexibility index (Phi) is 4.36. The summed E-state index contributed by atoms with van der Waals surface area (Å²) >= 11 is 0. The molecule has 1 aliphatic carbocycles. The Hall–Kier alpha value is -1.14. The van der Waals surface area contributed by atoms with Crippen LogP contribution in [0.15, 0.2) is 23.9 Å². The Morgan fingerprint density at radius 3 is 2.31 bits per heavy atom. The SMILES string of the molecule is Cl.O=[N+]([O-])C1=CCC(=S(=O)=O)C=C1. The van der Waals surface area contributed by atoms with E-state index in [0.717, 1.165) is 0 Å². The van der Waals surface area contributed by atoms with Gasteiger partial charge in [0.05, 0.1) is 9.79 Å². The van der Waals surface area contributed by atoms with Gasteiger partial charge in [-0.1, -0.05) is 0 Å². The molecule has 5 nitrogen and oxygen atoms in total. The van der Waals surface area contributed by atoms with Crippen LogP contribution in [-0.4, -0.2) is 18.2 Å². The van der Waals surface area contributed by atoms with Crippen molar-refractivity contribution in [2.45, 2.75) is 6.42 Å². The molecule has 0 aromatic rings. The zero-order valence-corrected chi connectivity index (χ0v) is 7.97. The van der Waals surface area contributed by atoms with E-state index in [1.165, 1.54) is 18.2 Å². The van der Waals surface area contributed by atoms with Crippen LogP contribution in [0.25, 0.3) is 0 Å². The van der Waals surface area contributed by atoms with E-state index in [-0.39, 0.29) is 29.4 Å². The lowest BCUT2D eigenvalue weighted by atomic mass is 10.1. The molecule has 0 unspecified atom stereocenters. The summed E-state index contributed by atoms with van der Waals surface area (Å²) in [5, 5.41) is 10.2. The average molecular weight is 224 g/mol. The minimum atomic E-state index is -2.27. The van der Waals surface area contributed by atoms with E-state index in [9.17, 15) is 18.5 Å². The van der Waals surface area contributed by atoms with Gasteiger partial charge in [0.1, 0.15) is 0 Å². The van der Waals surface area contributed by atoms with Gasteiger partial charge in [-0.05, 0) is 12.2 Å². The number of rotatable bonds is 1. The molecular formula is C6H6ClNO4S. The number of allylic oxidation sites excluding steroid dienone is 3. The van der Waals surface area contributed by atoms with Gasteiger partial charge < -0.3 is 0 Å². The second-order valence-electron chi connectivity index (χ2n) is 2.12. The molecule has 0 heterocycles. The summed E-state index contributed by atoms with van der Waals surface area (Å²) in [6.45, 7) is 0. The fraction of sp³-hybridized carbons (Fsp3) is 0.167. The number of hydrogen-bond donors (Lipinski definition) is 0. The van der Waals surface area contributed by atoms with Crippen LogP contribution in [-0.2, 0) is 10.3 Å². The molecule has 0 fully saturated rings. The molecule has 0 bridgehead atoms. The summed E-state index contributed by atoms with van der Waals surface area (Å²) in [5.74, 6) is 0. The lowest BCUT2D eigenvalue weighted by molar-refractivity contribution is -0.419. The highest BCUT2D eigenvalue weighted by molar-refractivity contribution is 7.73. The number of nitrogens with zero attached hydrogens (tertiary/aromatic N) is 1. The van der Waals surface area contributed by atoms with Crippen molar-refractivity contribution in [3.8, 4) is 0 Å². The van der Waals surface area contributed by atoms with Crippen molar-refractivity contribution in [3.63, 3.8) is 0 Å². The summed E-state index contributed by atoms with van der Waals surface area (Å²) in [5.41, 5.74) is -0.0656. The molecule has 0 radical (unpaired) electrons. The smallest absolute Gasteiger partial charge is 0.258 e. The highest BCUT2D eigenvalue weighted by Gasteiger charge is 2.11. The van der Waals surface area contributed by atoms with Crippen molar-refractivity contribution in [3.05, 3.63) is 34.0 Å². The Bertz CT molecular complexity index is 398. The van der Waals surface area contributed by atoms with Crippen LogP contribution in [0.3, 0.4) is 0 Å². The van der Waals surface area contributed by atoms with Crippen molar-refractivity contribution in [2.24, 2.45) is 0 Å². The van der Waals surface area contributed by atoms with E-state index in [1.54, 1.807) is 0 Å². The molecule has 0 N–H and O–H groups in total. The summed E-state index contributed by atoms with van der Waals surface area (Å²) in [6, 6.07) is 0. The second kappa shape index (κ2) is 4.78. The van der Waals surface area contributed by atoms with E-state index in [4.69, 9.17) is 0 Å². The van der Waals surface area contributed by atoms with E-state index in [2.05, 4.69) is 0 Å². The molecule has 0 aliphatic heterocycles. The number of halogens is 1. The predicted molar refractivity (Wildman–Crippen MR) is 50.0 cm³/mol. The van der Waals surface area contributed by atoms with Gasteiger partial charge in [0.15, 0.2) is 0 Å². The molecule has 72 valence electrons. The van der Waals surface area contributed by atoms with Gasteiger partial charge in [-0.2, -0.15) is 8.42 Å². The molecule has 0 saturated heterocycles. The van der Waals surface area contributed by atoms with Gasteiger partial charge in [-0.25, -0.2) is 0 Å². The Balaban J connectivity index is 0.00000144. The lowest BCUT2D eigenvalue weighted by Gasteiger charge is -1.97. The van der Waals surface area contributed by atoms with Crippen LogP contribution in [0.1, 0.15) is 6.42 Å². The minimum absolute atomic E-state index is 0. The molecule has 1 aliphatic rings. The van der Waals surface area contributed by atoms with Crippen LogP contribution in [0.5, 0.6) is 0 Å². The van der Waals surface area contributed by atoms with Crippen LogP contribution in [0, 0.1) is 10.1 Å². The first-order valence-electron chi connectivity index (χ1n) is 3.09. The quantitative estimate of drug-likeness (QED) is 0.370. The van der Waals surface area contributed by atoms with Crippen molar-refractivity contribution < 1.29 is 13.3 Å². The zero-order valence-electron chi connectivity index (χ0n) is 6.34. The van der Waals surface area contributed by atoms with E-state index in [0.29, 0.717) is 0 Å². The van der Waals surface area contributed by atoms with Crippen molar-refractivity contribution in [1.82, 2.24) is 0 Å². The Morgan fingerprint density at radius 2 is 2.00 bits per heavy atom. The first-order chi connectivity index (χ1) is 5.61. The summed E-state index contributed by atoms with van der Waals surface area (Å²) in [7, 11) is -2.27. The number of nitro groups is 1. The van der Waals surface area contributed by atoms with Gasteiger partial charge in [0, 0.05) is 12.5 Å². The molecule has 13 heavy (non-hydrogen) atoms. The van der Waals surface area contributed by atoms with E-state index < -0.39 is 15.2 Å². The van der Waals surface area contributed by atoms with Crippen molar-refractivity contribution in [2.75, 3.05) is 0 Å². The topological polar surface area (TPSA) is 77.3 Å².